The van der Waals surface area contributed by atoms with Crippen LogP contribution in [-0.4, -0.2) is 12.8 Å². The van der Waals surface area contributed by atoms with Gasteiger partial charge in [-0.1, -0.05) is 37.4 Å². The second-order valence-corrected chi connectivity index (χ2v) is 5.87. The van der Waals surface area contributed by atoms with E-state index in [0.717, 1.165) is 40.6 Å². The van der Waals surface area contributed by atoms with Crippen LogP contribution < -0.4 is 10.2 Å². The maximum Gasteiger partial charge on any atom is 0.119 e. The van der Waals surface area contributed by atoms with E-state index >= 15 is 0 Å². The van der Waals surface area contributed by atoms with Gasteiger partial charge in [0.2, 0.25) is 0 Å². The summed E-state index contributed by atoms with van der Waals surface area (Å²) in [6.45, 7) is 4.94. The zero-order chi connectivity index (χ0) is 16.5. The van der Waals surface area contributed by atoms with E-state index in [1.165, 1.54) is 12.8 Å². The molecule has 0 amide bonds. The van der Waals surface area contributed by atoms with Crippen molar-refractivity contribution < 1.29 is 4.74 Å². The summed E-state index contributed by atoms with van der Waals surface area (Å²) >= 11 is 6.08. The third-order valence-corrected chi connectivity index (χ3v) is 3.88. The Morgan fingerprint density at radius 3 is 2.61 bits per heavy atom. The molecule has 0 bridgehead atoms. The molecular formula is C19H23ClN2O. The first-order valence-corrected chi connectivity index (χ1v) is 8.35. The Kier molecular flexibility index (Phi) is 6.95. The van der Waals surface area contributed by atoms with E-state index in [4.69, 9.17) is 16.3 Å². The van der Waals surface area contributed by atoms with Crippen molar-refractivity contribution in [2.24, 2.45) is 5.10 Å². The molecule has 0 aliphatic rings. The second-order valence-electron chi connectivity index (χ2n) is 5.46. The Morgan fingerprint density at radius 1 is 1.13 bits per heavy atom. The summed E-state index contributed by atoms with van der Waals surface area (Å²) in [6.07, 6.45) is 5.29. The van der Waals surface area contributed by atoms with Gasteiger partial charge >= 0.3 is 0 Å². The van der Waals surface area contributed by atoms with E-state index in [-0.39, 0.29) is 0 Å². The van der Waals surface area contributed by atoms with Crippen molar-refractivity contribution in [1.82, 2.24) is 0 Å². The Labute approximate surface area is 143 Å². The molecule has 2 rings (SSSR count). The van der Waals surface area contributed by atoms with Gasteiger partial charge in [0, 0.05) is 5.02 Å². The number of benzene rings is 2. The molecule has 0 aliphatic carbocycles. The molecule has 0 aliphatic heterocycles. The Bertz CT molecular complexity index is 638. The Hall–Kier alpha value is -2.00. The molecule has 4 heteroatoms. The fourth-order valence-corrected chi connectivity index (χ4v) is 2.22. The Balaban J connectivity index is 1.83. The summed E-state index contributed by atoms with van der Waals surface area (Å²) in [5.41, 5.74) is 5.91. The minimum atomic E-state index is 0.731. The van der Waals surface area contributed by atoms with Crippen LogP contribution in [0.25, 0.3) is 0 Å². The zero-order valence-corrected chi connectivity index (χ0v) is 14.4. The first kappa shape index (κ1) is 17.4. The lowest BCUT2D eigenvalue weighted by molar-refractivity contribution is 0.306. The van der Waals surface area contributed by atoms with E-state index in [0.29, 0.717) is 0 Å². The van der Waals surface area contributed by atoms with E-state index in [9.17, 15) is 0 Å². The molecular weight excluding hydrogens is 308 g/mol. The summed E-state index contributed by atoms with van der Waals surface area (Å²) in [6, 6.07) is 13.7. The number of aryl methyl sites for hydroxylation is 1. The van der Waals surface area contributed by atoms with Gasteiger partial charge in [-0.3, -0.25) is 5.43 Å². The normalized spacial score (nSPS) is 10.9. The van der Waals surface area contributed by atoms with Crippen LogP contribution in [0.15, 0.2) is 47.6 Å². The molecule has 0 fully saturated rings. The highest BCUT2D eigenvalue weighted by atomic mass is 35.5. The van der Waals surface area contributed by atoms with Crippen molar-refractivity contribution in [3.05, 3.63) is 58.6 Å². The van der Waals surface area contributed by atoms with Gasteiger partial charge in [-0.25, -0.2) is 0 Å². The highest BCUT2D eigenvalue weighted by molar-refractivity contribution is 6.31. The van der Waals surface area contributed by atoms with Crippen LogP contribution in [-0.2, 0) is 0 Å². The van der Waals surface area contributed by atoms with Gasteiger partial charge < -0.3 is 4.74 Å². The van der Waals surface area contributed by atoms with Crippen molar-refractivity contribution in [2.45, 2.75) is 33.1 Å². The number of rotatable bonds is 8. The molecule has 0 heterocycles. The molecule has 2 aromatic carbocycles. The Morgan fingerprint density at radius 2 is 1.91 bits per heavy atom. The number of hydrogen-bond donors (Lipinski definition) is 1. The second kappa shape index (κ2) is 9.21. The number of nitrogens with zero attached hydrogens (tertiary/aromatic N) is 1. The van der Waals surface area contributed by atoms with E-state index < -0.39 is 0 Å². The molecule has 122 valence electrons. The zero-order valence-electron chi connectivity index (χ0n) is 13.7. The highest BCUT2D eigenvalue weighted by Crippen LogP contribution is 2.19. The molecule has 1 N–H and O–H groups in total. The molecule has 3 nitrogen and oxygen atoms in total. The molecule has 0 saturated carbocycles. The number of anilines is 1. The number of halogens is 1. The van der Waals surface area contributed by atoms with E-state index in [1.54, 1.807) is 6.21 Å². The smallest absolute Gasteiger partial charge is 0.119 e. The number of unbranched alkanes of at least 4 members (excludes halogenated alkanes) is 2. The van der Waals surface area contributed by atoms with Crippen molar-refractivity contribution >= 4 is 23.5 Å². The van der Waals surface area contributed by atoms with Crippen LogP contribution in [0.2, 0.25) is 5.02 Å². The maximum atomic E-state index is 6.08. The monoisotopic (exact) mass is 330 g/mol. The highest BCUT2D eigenvalue weighted by Gasteiger charge is 1.97. The van der Waals surface area contributed by atoms with Crippen LogP contribution in [0.5, 0.6) is 5.75 Å². The number of hydrazone groups is 1. The molecule has 0 unspecified atom stereocenters. The van der Waals surface area contributed by atoms with Crippen LogP contribution >= 0.6 is 11.6 Å². The minimum Gasteiger partial charge on any atom is -0.494 e. The van der Waals surface area contributed by atoms with E-state index in [1.807, 2.05) is 49.4 Å². The lowest BCUT2D eigenvalue weighted by Gasteiger charge is -2.05. The summed E-state index contributed by atoms with van der Waals surface area (Å²) in [5.74, 6) is 0.900. The topological polar surface area (TPSA) is 33.6 Å². The van der Waals surface area contributed by atoms with Crippen molar-refractivity contribution in [1.29, 1.82) is 0 Å². The van der Waals surface area contributed by atoms with Gasteiger partial charge in [-0.15, -0.1) is 0 Å². The molecule has 2 aromatic rings. The van der Waals surface area contributed by atoms with Gasteiger partial charge in [-0.05, 0) is 60.9 Å². The van der Waals surface area contributed by atoms with Gasteiger partial charge in [0.05, 0.1) is 18.5 Å². The summed E-state index contributed by atoms with van der Waals surface area (Å²) in [4.78, 5) is 0. The lowest BCUT2D eigenvalue weighted by atomic mass is 10.2. The fourth-order valence-electron chi connectivity index (χ4n) is 2.04. The largest absolute Gasteiger partial charge is 0.494 e. The summed E-state index contributed by atoms with van der Waals surface area (Å²) < 4.78 is 5.69. The first-order valence-electron chi connectivity index (χ1n) is 7.97. The average Bonchev–Trinajstić information content (AvgIpc) is 2.56. The number of hydrogen-bond acceptors (Lipinski definition) is 3. The van der Waals surface area contributed by atoms with Crippen LogP contribution in [0, 0.1) is 6.92 Å². The molecule has 0 aromatic heterocycles. The van der Waals surface area contributed by atoms with Gasteiger partial charge in [0.25, 0.3) is 0 Å². The van der Waals surface area contributed by atoms with Gasteiger partial charge in [0.1, 0.15) is 5.75 Å². The summed E-state index contributed by atoms with van der Waals surface area (Å²) in [7, 11) is 0. The standard InChI is InChI=1S/C19H23ClN2O/c1-3-4-5-12-23-18-10-7-16(8-11-18)14-21-22-17-9-6-15(2)19(20)13-17/h6-11,13-14,22H,3-5,12H2,1-2H3/b21-14+. The van der Waals surface area contributed by atoms with Gasteiger partial charge in [-0.2, -0.15) is 5.10 Å². The van der Waals surface area contributed by atoms with Crippen LogP contribution in [0.3, 0.4) is 0 Å². The molecule has 0 radical (unpaired) electrons. The van der Waals surface area contributed by atoms with Crippen molar-refractivity contribution in [3.63, 3.8) is 0 Å². The van der Waals surface area contributed by atoms with E-state index in [2.05, 4.69) is 17.5 Å². The first-order chi connectivity index (χ1) is 11.2. The number of nitrogens with one attached hydrogen (secondary N) is 1. The fraction of sp³-hybridized carbons (Fsp3) is 0.316. The molecule has 23 heavy (non-hydrogen) atoms. The number of ether oxygens (including phenoxy) is 1. The SMILES string of the molecule is CCCCCOc1ccc(/C=N/Nc2ccc(C)c(Cl)c2)cc1. The van der Waals surface area contributed by atoms with Gasteiger partial charge in [0.15, 0.2) is 0 Å². The van der Waals surface area contributed by atoms with Crippen LogP contribution in [0.1, 0.15) is 37.3 Å². The predicted molar refractivity (Wildman–Crippen MR) is 98.9 cm³/mol. The quantitative estimate of drug-likeness (QED) is 0.384. The van der Waals surface area contributed by atoms with Crippen molar-refractivity contribution in [2.75, 3.05) is 12.0 Å². The van der Waals surface area contributed by atoms with Crippen molar-refractivity contribution in [3.8, 4) is 5.75 Å². The third kappa shape index (κ3) is 5.95. The molecule has 0 saturated heterocycles. The maximum absolute atomic E-state index is 6.08. The molecule has 0 atom stereocenters. The lowest BCUT2D eigenvalue weighted by Crippen LogP contribution is -1.97. The summed E-state index contributed by atoms with van der Waals surface area (Å²) in [5, 5.41) is 4.96. The average molecular weight is 331 g/mol. The van der Waals surface area contributed by atoms with Crippen LogP contribution in [0.4, 0.5) is 5.69 Å². The minimum absolute atomic E-state index is 0.731. The third-order valence-electron chi connectivity index (χ3n) is 3.48. The predicted octanol–water partition coefficient (Wildman–Crippen LogP) is 5.66. The molecule has 0 spiro atoms.